The Morgan fingerprint density at radius 1 is 1.00 bits per heavy atom. The molecule has 0 radical (unpaired) electrons. The smallest absolute Gasteiger partial charge is 0.332 e. The second-order valence-electron chi connectivity index (χ2n) is 5.88. The predicted octanol–water partition coefficient (Wildman–Crippen LogP) is 1.26. The zero-order valence-corrected chi connectivity index (χ0v) is 11.5. The SMILES string of the molecule is CC(C)(C)NC(=O)COCC(=O)OC(C)(C)C. The van der Waals surface area contributed by atoms with Crippen LogP contribution in [0.5, 0.6) is 0 Å². The van der Waals surface area contributed by atoms with Gasteiger partial charge in [0.25, 0.3) is 0 Å². The Kier molecular flexibility index (Phi) is 5.61. The Hall–Kier alpha value is -1.10. The van der Waals surface area contributed by atoms with Gasteiger partial charge in [-0.05, 0) is 41.5 Å². The lowest BCUT2D eigenvalue weighted by molar-refractivity contribution is -0.160. The van der Waals surface area contributed by atoms with Crippen molar-refractivity contribution in [3.8, 4) is 0 Å². The molecule has 0 bridgehead atoms. The maximum atomic E-state index is 11.3. The van der Waals surface area contributed by atoms with Gasteiger partial charge < -0.3 is 14.8 Å². The van der Waals surface area contributed by atoms with E-state index in [0.29, 0.717) is 0 Å². The fourth-order valence-corrected chi connectivity index (χ4v) is 1.05. The largest absolute Gasteiger partial charge is 0.458 e. The van der Waals surface area contributed by atoms with Crippen molar-refractivity contribution in [2.45, 2.75) is 52.7 Å². The van der Waals surface area contributed by atoms with Crippen LogP contribution in [0.2, 0.25) is 0 Å². The van der Waals surface area contributed by atoms with Gasteiger partial charge in [0.05, 0.1) is 0 Å². The number of carbonyl (C=O) groups excluding carboxylic acids is 2. The molecule has 100 valence electrons. The number of esters is 1. The average Bonchev–Trinajstić information content (AvgIpc) is 1.95. The van der Waals surface area contributed by atoms with Gasteiger partial charge in [-0.1, -0.05) is 0 Å². The lowest BCUT2D eigenvalue weighted by Gasteiger charge is -2.21. The van der Waals surface area contributed by atoms with Gasteiger partial charge in [0, 0.05) is 5.54 Å². The van der Waals surface area contributed by atoms with E-state index in [2.05, 4.69) is 5.32 Å². The van der Waals surface area contributed by atoms with Crippen molar-refractivity contribution >= 4 is 11.9 Å². The lowest BCUT2D eigenvalue weighted by atomic mass is 10.1. The molecular weight excluding hydrogens is 222 g/mol. The minimum Gasteiger partial charge on any atom is -0.458 e. The quantitative estimate of drug-likeness (QED) is 0.757. The van der Waals surface area contributed by atoms with E-state index in [-0.39, 0.29) is 24.7 Å². The molecule has 0 saturated heterocycles. The number of rotatable bonds is 4. The Balaban J connectivity index is 3.78. The van der Waals surface area contributed by atoms with Gasteiger partial charge in [-0.3, -0.25) is 4.79 Å². The van der Waals surface area contributed by atoms with E-state index in [0.717, 1.165) is 0 Å². The Bertz CT molecular complexity index is 245. The van der Waals surface area contributed by atoms with E-state index in [9.17, 15) is 9.59 Å². The summed E-state index contributed by atoms with van der Waals surface area (Å²) in [5.41, 5.74) is -0.833. The van der Waals surface area contributed by atoms with Crippen molar-refractivity contribution in [1.29, 1.82) is 0 Å². The third-order valence-corrected chi connectivity index (χ3v) is 1.39. The molecule has 0 unspecified atom stereocenters. The number of ether oxygens (including phenoxy) is 2. The molecule has 0 aliphatic rings. The Labute approximate surface area is 103 Å². The number of carbonyl (C=O) groups is 2. The maximum absolute atomic E-state index is 11.3. The molecule has 0 saturated carbocycles. The van der Waals surface area contributed by atoms with Crippen LogP contribution >= 0.6 is 0 Å². The molecule has 0 heterocycles. The summed E-state index contributed by atoms with van der Waals surface area (Å²) in [4.78, 5) is 22.6. The standard InChI is InChI=1S/C12H23NO4/c1-11(2,3)13-9(14)7-16-8-10(15)17-12(4,5)6/h7-8H2,1-6H3,(H,13,14). The second kappa shape index (κ2) is 6.00. The normalized spacial score (nSPS) is 12.1. The first-order valence-electron chi connectivity index (χ1n) is 5.60. The molecule has 0 atom stereocenters. The highest BCUT2D eigenvalue weighted by atomic mass is 16.6. The van der Waals surface area contributed by atoms with E-state index in [1.54, 1.807) is 20.8 Å². The van der Waals surface area contributed by atoms with Gasteiger partial charge in [0.2, 0.25) is 5.91 Å². The first kappa shape index (κ1) is 15.9. The van der Waals surface area contributed by atoms with E-state index in [1.807, 2.05) is 20.8 Å². The molecule has 0 rings (SSSR count). The molecule has 1 N–H and O–H groups in total. The van der Waals surface area contributed by atoms with E-state index in [1.165, 1.54) is 0 Å². The van der Waals surface area contributed by atoms with Gasteiger partial charge in [0.1, 0.15) is 18.8 Å². The van der Waals surface area contributed by atoms with E-state index in [4.69, 9.17) is 9.47 Å². The van der Waals surface area contributed by atoms with Crippen LogP contribution < -0.4 is 5.32 Å². The fraction of sp³-hybridized carbons (Fsp3) is 0.833. The number of hydrogen-bond donors (Lipinski definition) is 1. The lowest BCUT2D eigenvalue weighted by Crippen LogP contribution is -2.42. The monoisotopic (exact) mass is 245 g/mol. The summed E-state index contributed by atoms with van der Waals surface area (Å²) in [5.74, 6) is -0.720. The summed E-state index contributed by atoms with van der Waals surface area (Å²) in [7, 11) is 0. The van der Waals surface area contributed by atoms with Crippen LogP contribution in [0.3, 0.4) is 0 Å². The molecule has 0 fully saturated rings. The average molecular weight is 245 g/mol. The summed E-state index contributed by atoms with van der Waals surface area (Å²) < 4.78 is 9.99. The van der Waals surface area contributed by atoms with Crippen molar-refractivity contribution in [3.63, 3.8) is 0 Å². The van der Waals surface area contributed by atoms with Crippen molar-refractivity contribution < 1.29 is 19.1 Å². The second-order valence-corrected chi connectivity index (χ2v) is 5.88. The number of amides is 1. The third kappa shape index (κ3) is 11.2. The molecule has 5 nitrogen and oxygen atoms in total. The van der Waals surface area contributed by atoms with Gasteiger partial charge in [-0.15, -0.1) is 0 Å². The molecular formula is C12H23NO4. The Morgan fingerprint density at radius 3 is 1.94 bits per heavy atom. The molecule has 0 aliphatic heterocycles. The van der Waals surface area contributed by atoms with Crippen molar-refractivity contribution in [1.82, 2.24) is 5.32 Å². The van der Waals surface area contributed by atoms with Crippen LogP contribution in [0, 0.1) is 0 Å². The minimum atomic E-state index is -0.534. The first-order valence-corrected chi connectivity index (χ1v) is 5.60. The molecule has 0 aliphatic carbocycles. The van der Waals surface area contributed by atoms with E-state index >= 15 is 0 Å². The summed E-state index contributed by atoms with van der Waals surface area (Å²) >= 11 is 0. The maximum Gasteiger partial charge on any atom is 0.332 e. The van der Waals surface area contributed by atoms with Crippen LogP contribution in [0.15, 0.2) is 0 Å². The summed E-state index contributed by atoms with van der Waals surface area (Å²) in [6.45, 7) is 10.6. The Morgan fingerprint density at radius 2 is 1.53 bits per heavy atom. The van der Waals surface area contributed by atoms with Crippen LogP contribution in [-0.4, -0.2) is 36.2 Å². The van der Waals surface area contributed by atoms with Crippen LogP contribution in [0.1, 0.15) is 41.5 Å². The summed E-state index contributed by atoms with van der Waals surface area (Å²) in [6, 6.07) is 0. The minimum absolute atomic E-state index is 0.142. The highest BCUT2D eigenvalue weighted by Gasteiger charge is 2.17. The highest BCUT2D eigenvalue weighted by Crippen LogP contribution is 2.06. The summed E-state index contributed by atoms with van der Waals surface area (Å²) in [5, 5.41) is 2.73. The zero-order valence-electron chi connectivity index (χ0n) is 11.5. The molecule has 17 heavy (non-hydrogen) atoms. The fourth-order valence-electron chi connectivity index (χ4n) is 1.05. The van der Waals surface area contributed by atoms with Crippen LogP contribution in [0.25, 0.3) is 0 Å². The van der Waals surface area contributed by atoms with Gasteiger partial charge in [-0.25, -0.2) is 4.79 Å². The molecule has 1 amide bonds. The van der Waals surface area contributed by atoms with Crippen LogP contribution in [0.4, 0.5) is 0 Å². The van der Waals surface area contributed by atoms with Crippen LogP contribution in [-0.2, 0) is 19.1 Å². The predicted molar refractivity (Wildman–Crippen MR) is 64.6 cm³/mol. The number of nitrogens with one attached hydrogen (secondary N) is 1. The zero-order chi connectivity index (χ0) is 13.7. The highest BCUT2D eigenvalue weighted by molar-refractivity contribution is 5.78. The third-order valence-electron chi connectivity index (χ3n) is 1.39. The van der Waals surface area contributed by atoms with E-state index < -0.39 is 11.6 Å². The van der Waals surface area contributed by atoms with Gasteiger partial charge >= 0.3 is 5.97 Å². The van der Waals surface area contributed by atoms with Gasteiger partial charge in [-0.2, -0.15) is 0 Å². The molecule has 0 spiro atoms. The first-order chi connectivity index (χ1) is 7.49. The molecule has 0 aromatic heterocycles. The summed E-state index contributed by atoms with van der Waals surface area (Å²) in [6.07, 6.45) is 0. The van der Waals surface area contributed by atoms with Crippen molar-refractivity contribution in [3.05, 3.63) is 0 Å². The molecule has 0 aromatic rings. The molecule has 0 aromatic carbocycles. The topological polar surface area (TPSA) is 64.6 Å². The van der Waals surface area contributed by atoms with Crippen molar-refractivity contribution in [2.75, 3.05) is 13.2 Å². The number of hydrogen-bond acceptors (Lipinski definition) is 4. The van der Waals surface area contributed by atoms with Crippen molar-refractivity contribution in [2.24, 2.45) is 0 Å². The molecule has 5 heteroatoms. The van der Waals surface area contributed by atoms with Gasteiger partial charge in [0.15, 0.2) is 0 Å².